The average Bonchev–Trinajstić information content (AvgIpc) is 2.40. The summed E-state index contributed by atoms with van der Waals surface area (Å²) in [5.74, 6) is -0.0670. The monoisotopic (exact) mass is 282 g/mol. The highest BCUT2D eigenvalue weighted by molar-refractivity contribution is 5.97. The Morgan fingerprint density at radius 2 is 2.10 bits per heavy atom. The van der Waals surface area contributed by atoms with Crippen molar-refractivity contribution in [1.29, 1.82) is 0 Å². The second kappa shape index (κ2) is 5.20. The van der Waals surface area contributed by atoms with Gasteiger partial charge in [-0.15, -0.1) is 6.58 Å². The summed E-state index contributed by atoms with van der Waals surface area (Å²) < 4.78 is 1.52. The van der Waals surface area contributed by atoms with Gasteiger partial charge >= 0.3 is 0 Å². The summed E-state index contributed by atoms with van der Waals surface area (Å²) in [5.41, 5.74) is 1.36. The molecule has 0 bridgehead atoms. The Labute approximate surface area is 123 Å². The van der Waals surface area contributed by atoms with Crippen LogP contribution in [0.3, 0.4) is 0 Å². The van der Waals surface area contributed by atoms with Gasteiger partial charge in [-0.25, -0.2) is 0 Å². The second-order valence-corrected chi connectivity index (χ2v) is 5.47. The summed E-state index contributed by atoms with van der Waals surface area (Å²) in [6, 6.07) is 7.55. The van der Waals surface area contributed by atoms with Gasteiger partial charge in [-0.3, -0.25) is 14.2 Å². The highest BCUT2D eigenvalue weighted by Crippen LogP contribution is 2.18. The van der Waals surface area contributed by atoms with Gasteiger partial charge in [-0.05, 0) is 30.9 Å². The molecule has 3 rings (SSSR count). The lowest BCUT2D eigenvalue weighted by molar-refractivity contribution is 0.0640. The number of hydrogen-bond donors (Lipinski definition) is 0. The number of likely N-dealkylation sites (tertiary alicyclic amines) is 1. The summed E-state index contributed by atoms with van der Waals surface area (Å²) in [5, 5.41) is 1.46. The third-order valence-corrected chi connectivity index (χ3v) is 3.94. The van der Waals surface area contributed by atoms with E-state index in [0.29, 0.717) is 17.6 Å². The van der Waals surface area contributed by atoms with Gasteiger partial charge < -0.3 is 4.90 Å². The summed E-state index contributed by atoms with van der Waals surface area (Å²) in [6.07, 6.45) is 2.68. The molecular formula is C17H18N2O2. The molecule has 4 heteroatoms. The molecule has 1 saturated heterocycles. The first-order valence-corrected chi connectivity index (χ1v) is 7.16. The molecule has 2 aromatic rings. The van der Waals surface area contributed by atoms with E-state index in [0.717, 1.165) is 30.5 Å². The van der Waals surface area contributed by atoms with Crippen LogP contribution in [0.2, 0.25) is 0 Å². The fraction of sp³-hybridized carbons (Fsp3) is 0.294. The summed E-state index contributed by atoms with van der Waals surface area (Å²) >= 11 is 0. The number of fused-ring (bicyclic) bond motifs is 1. The largest absolute Gasteiger partial charge is 0.337 e. The molecule has 1 amide bonds. The molecule has 1 fully saturated rings. The number of amides is 1. The Kier molecular flexibility index (Phi) is 3.37. The first-order valence-electron chi connectivity index (χ1n) is 7.16. The minimum Gasteiger partial charge on any atom is -0.337 e. The zero-order chi connectivity index (χ0) is 15.0. The minimum absolute atomic E-state index is 0.0670. The Morgan fingerprint density at radius 1 is 1.33 bits per heavy atom. The lowest BCUT2D eigenvalue weighted by Gasteiger charge is -2.31. The van der Waals surface area contributed by atoms with Crippen LogP contribution >= 0.6 is 0 Å². The Morgan fingerprint density at radius 3 is 2.71 bits per heavy atom. The molecule has 1 aromatic heterocycles. The van der Waals surface area contributed by atoms with Crippen molar-refractivity contribution in [2.24, 2.45) is 0 Å². The van der Waals surface area contributed by atoms with Crippen molar-refractivity contribution in [3.05, 3.63) is 58.5 Å². The van der Waals surface area contributed by atoms with E-state index in [2.05, 4.69) is 6.58 Å². The van der Waals surface area contributed by atoms with Crippen molar-refractivity contribution < 1.29 is 4.79 Å². The fourth-order valence-corrected chi connectivity index (χ4v) is 2.63. The SMILES string of the molecule is C=CCn1c(C(=O)N2CCC2)cc2ccc(C)cc2c1=O. The van der Waals surface area contributed by atoms with Crippen molar-refractivity contribution in [2.75, 3.05) is 13.1 Å². The second-order valence-electron chi connectivity index (χ2n) is 5.47. The number of rotatable bonds is 3. The summed E-state index contributed by atoms with van der Waals surface area (Å²) in [7, 11) is 0. The Balaban J connectivity index is 2.24. The molecule has 1 aromatic carbocycles. The van der Waals surface area contributed by atoms with Crippen LogP contribution in [0, 0.1) is 6.92 Å². The van der Waals surface area contributed by atoms with Gasteiger partial charge in [0.2, 0.25) is 0 Å². The van der Waals surface area contributed by atoms with Crippen molar-refractivity contribution in [3.63, 3.8) is 0 Å². The maximum absolute atomic E-state index is 12.7. The summed E-state index contributed by atoms with van der Waals surface area (Å²) in [6.45, 7) is 7.53. The number of benzene rings is 1. The van der Waals surface area contributed by atoms with E-state index < -0.39 is 0 Å². The first kappa shape index (κ1) is 13.6. The Hall–Kier alpha value is -2.36. The van der Waals surface area contributed by atoms with E-state index in [9.17, 15) is 9.59 Å². The number of nitrogens with zero attached hydrogens (tertiary/aromatic N) is 2. The zero-order valence-corrected chi connectivity index (χ0v) is 12.1. The van der Waals surface area contributed by atoms with Gasteiger partial charge in [0.25, 0.3) is 11.5 Å². The van der Waals surface area contributed by atoms with Crippen LogP contribution in [0.15, 0.2) is 41.7 Å². The number of carbonyl (C=O) groups excluding carboxylic acids is 1. The molecule has 0 spiro atoms. The van der Waals surface area contributed by atoms with Gasteiger partial charge in [0.1, 0.15) is 5.69 Å². The number of allylic oxidation sites excluding steroid dienone is 1. The molecule has 0 unspecified atom stereocenters. The molecule has 0 aliphatic carbocycles. The van der Waals surface area contributed by atoms with Crippen LogP contribution in [0.5, 0.6) is 0 Å². The van der Waals surface area contributed by atoms with Crippen molar-refractivity contribution in [1.82, 2.24) is 9.47 Å². The standard InChI is InChI=1S/C17H18N2O2/c1-3-7-19-15(17(21)18-8-4-9-18)11-13-6-5-12(2)10-14(13)16(19)20/h3,5-6,10-11H,1,4,7-9H2,2H3. The molecule has 0 N–H and O–H groups in total. The van der Waals surface area contributed by atoms with Crippen molar-refractivity contribution in [3.8, 4) is 0 Å². The predicted octanol–water partition coefficient (Wildman–Crippen LogP) is 2.34. The van der Waals surface area contributed by atoms with Crippen LogP contribution < -0.4 is 5.56 Å². The normalized spacial score (nSPS) is 14.0. The van der Waals surface area contributed by atoms with E-state index in [4.69, 9.17) is 0 Å². The maximum Gasteiger partial charge on any atom is 0.270 e. The topological polar surface area (TPSA) is 42.3 Å². The van der Waals surface area contributed by atoms with E-state index in [1.165, 1.54) is 4.57 Å². The smallest absolute Gasteiger partial charge is 0.270 e. The molecule has 0 radical (unpaired) electrons. The van der Waals surface area contributed by atoms with Crippen LogP contribution in [-0.2, 0) is 6.54 Å². The third-order valence-electron chi connectivity index (χ3n) is 3.94. The molecule has 4 nitrogen and oxygen atoms in total. The van der Waals surface area contributed by atoms with E-state index in [1.807, 2.05) is 31.2 Å². The van der Waals surface area contributed by atoms with Gasteiger partial charge in [-0.1, -0.05) is 23.8 Å². The molecule has 21 heavy (non-hydrogen) atoms. The number of pyridine rings is 1. The van der Waals surface area contributed by atoms with Gasteiger partial charge in [-0.2, -0.15) is 0 Å². The summed E-state index contributed by atoms with van der Waals surface area (Å²) in [4.78, 5) is 27.0. The van der Waals surface area contributed by atoms with Gasteiger partial charge in [0.05, 0.1) is 0 Å². The molecule has 0 saturated carbocycles. The molecule has 2 heterocycles. The molecule has 108 valence electrons. The molecule has 1 aliphatic rings. The zero-order valence-electron chi connectivity index (χ0n) is 12.1. The van der Waals surface area contributed by atoms with Crippen LogP contribution in [0.25, 0.3) is 10.8 Å². The van der Waals surface area contributed by atoms with Gasteiger partial charge in [0.15, 0.2) is 0 Å². The highest BCUT2D eigenvalue weighted by atomic mass is 16.2. The lowest BCUT2D eigenvalue weighted by Crippen LogP contribution is -2.44. The number of aryl methyl sites for hydroxylation is 1. The van der Waals surface area contributed by atoms with E-state index in [1.54, 1.807) is 11.0 Å². The lowest BCUT2D eigenvalue weighted by atomic mass is 10.1. The van der Waals surface area contributed by atoms with Crippen LogP contribution in [0.1, 0.15) is 22.5 Å². The molecule has 1 aliphatic heterocycles. The molecule has 0 atom stereocenters. The average molecular weight is 282 g/mol. The number of aromatic nitrogens is 1. The van der Waals surface area contributed by atoms with Gasteiger partial charge in [0, 0.05) is 25.0 Å². The maximum atomic E-state index is 12.7. The highest BCUT2D eigenvalue weighted by Gasteiger charge is 2.24. The quantitative estimate of drug-likeness (QED) is 0.811. The van der Waals surface area contributed by atoms with E-state index >= 15 is 0 Å². The number of hydrogen-bond acceptors (Lipinski definition) is 2. The minimum atomic E-state index is -0.125. The van der Waals surface area contributed by atoms with Crippen LogP contribution in [0.4, 0.5) is 0 Å². The third kappa shape index (κ3) is 2.27. The number of carbonyl (C=O) groups is 1. The fourth-order valence-electron chi connectivity index (χ4n) is 2.63. The van der Waals surface area contributed by atoms with Crippen LogP contribution in [-0.4, -0.2) is 28.5 Å². The first-order chi connectivity index (χ1) is 10.1. The Bertz CT molecular complexity index is 785. The van der Waals surface area contributed by atoms with Crippen molar-refractivity contribution in [2.45, 2.75) is 19.9 Å². The molecular weight excluding hydrogens is 264 g/mol. The predicted molar refractivity (Wildman–Crippen MR) is 83.7 cm³/mol. The van der Waals surface area contributed by atoms with E-state index in [-0.39, 0.29) is 11.5 Å². The van der Waals surface area contributed by atoms with Crippen molar-refractivity contribution >= 4 is 16.7 Å².